The molecule has 2 aliphatic rings. The number of carbonyl (C=O) groups is 1. The molecule has 2 N–H and O–H groups in total. The molecule has 4 heteroatoms. The summed E-state index contributed by atoms with van der Waals surface area (Å²) in [6, 6.07) is 1.11. The van der Waals surface area contributed by atoms with Crippen molar-refractivity contribution in [2.75, 3.05) is 26.2 Å². The monoisotopic (exact) mass is 253 g/mol. The number of nitrogens with one attached hydrogen (secondary N) is 2. The Balaban J connectivity index is 1.63. The highest BCUT2D eigenvalue weighted by molar-refractivity contribution is 5.78. The standard InChI is InChI=1S/C14H27N3O/c1-2-15-12-7-9-17(10-8-12)11-14(18)16-13-5-3-4-6-13/h12-13,15H,2-11H2,1H3,(H,16,18). The molecule has 0 unspecified atom stereocenters. The molecule has 1 aliphatic heterocycles. The van der Waals surface area contributed by atoms with Gasteiger partial charge in [0.25, 0.3) is 0 Å². The van der Waals surface area contributed by atoms with Crippen LogP contribution in [-0.4, -0.2) is 49.1 Å². The number of rotatable bonds is 5. The molecular formula is C14H27N3O. The van der Waals surface area contributed by atoms with E-state index in [1.54, 1.807) is 0 Å². The molecule has 0 aromatic rings. The molecule has 2 fully saturated rings. The van der Waals surface area contributed by atoms with E-state index in [0.29, 0.717) is 18.6 Å². The molecule has 0 radical (unpaired) electrons. The highest BCUT2D eigenvalue weighted by Crippen LogP contribution is 2.17. The van der Waals surface area contributed by atoms with Crippen molar-refractivity contribution in [1.29, 1.82) is 0 Å². The van der Waals surface area contributed by atoms with Gasteiger partial charge >= 0.3 is 0 Å². The first-order valence-corrected chi connectivity index (χ1v) is 7.53. The first-order chi connectivity index (χ1) is 8.78. The highest BCUT2D eigenvalue weighted by Gasteiger charge is 2.22. The third-order valence-electron chi connectivity index (χ3n) is 4.17. The number of amides is 1. The molecule has 104 valence electrons. The fourth-order valence-corrected chi connectivity index (χ4v) is 3.13. The van der Waals surface area contributed by atoms with E-state index in [1.165, 1.54) is 38.5 Å². The Hall–Kier alpha value is -0.610. The Labute approximate surface area is 110 Å². The minimum absolute atomic E-state index is 0.226. The van der Waals surface area contributed by atoms with Gasteiger partial charge in [-0.2, -0.15) is 0 Å². The minimum Gasteiger partial charge on any atom is -0.352 e. The summed E-state index contributed by atoms with van der Waals surface area (Å²) in [6.07, 6.45) is 7.25. The lowest BCUT2D eigenvalue weighted by molar-refractivity contribution is -0.123. The van der Waals surface area contributed by atoms with Gasteiger partial charge in [0.15, 0.2) is 0 Å². The van der Waals surface area contributed by atoms with Gasteiger partial charge in [0.2, 0.25) is 5.91 Å². The molecule has 2 rings (SSSR count). The Morgan fingerprint density at radius 1 is 1.11 bits per heavy atom. The highest BCUT2D eigenvalue weighted by atomic mass is 16.2. The van der Waals surface area contributed by atoms with Crippen LogP contribution in [-0.2, 0) is 4.79 Å². The first kappa shape index (κ1) is 13.8. The van der Waals surface area contributed by atoms with Crippen molar-refractivity contribution in [3.05, 3.63) is 0 Å². The molecule has 1 aliphatic carbocycles. The lowest BCUT2D eigenvalue weighted by atomic mass is 10.1. The molecule has 1 amide bonds. The number of likely N-dealkylation sites (tertiary alicyclic amines) is 1. The summed E-state index contributed by atoms with van der Waals surface area (Å²) in [7, 11) is 0. The third kappa shape index (κ3) is 4.25. The maximum atomic E-state index is 11.9. The summed E-state index contributed by atoms with van der Waals surface area (Å²) in [5, 5.41) is 6.66. The van der Waals surface area contributed by atoms with Gasteiger partial charge in [-0.15, -0.1) is 0 Å². The van der Waals surface area contributed by atoms with Crippen molar-refractivity contribution in [3.63, 3.8) is 0 Å². The fraction of sp³-hybridized carbons (Fsp3) is 0.929. The molecule has 1 saturated carbocycles. The molecule has 0 aromatic heterocycles. The van der Waals surface area contributed by atoms with E-state index in [0.717, 1.165) is 19.6 Å². The van der Waals surface area contributed by atoms with E-state index in [-0.39, 0.29) is 5.91 Å². The second-order valence-corrected chi connectivity index (χ2v) is 5.66. The SMILES string of the molecule is CCNC1CCN(CC(=O)NC2CCCC2)CC1. The predicted molar refractivity (Wildman–Crippen MR) is 73.5 cm³/mol. The van der Waals surface area contributed by atoms with Crippen LogP contribution in [0.3, 0.4) is 0 Å². The van der Waals surface area contributed by atoms with Crippen molar-refractivity contribution < 1.29 is 4.79 Å². The fourth-order valence-electron chi connectivity index (χ4n) is 3.13. The first-order valence-electron chi connectivity index (χ1n) is 7.53. The maximum Gasteiger partial charge on any atom is 0.234 e. The Kier molecular flexibility index (Phi) is 5.45. The second kappa shape index (κ2) is 7.10. The third-order valence-corrected chi connectivity index (χ3v) is 4.17. The molecule has 1 saturated heterocycles. The summed E-state index contributed by atoms with van der Waals surface area (Å²) in [5.74, 6) is 0.226. The normalized spacial score (nSPS) is 23.4. The number of hydrogen-bond acceptors (Lipinski definition) is 3. The minimum atomic E-state index is 0.226. The van der Waals surface area contributed by atoms with Crippen molar-refractivity contribution in [3.8, 4) is 0 Å². The van der Waals surface area contributed by atoms with E-state index >= 15 is 0 Å². The lowest BCUT2D eigenvalue weighted by Gasteiger charge is -2.32. The Bertz CT molecular complexity index is 256. The van der Waals surface area contributed by atoms with Crippen molar-refractivity contribution in [2.45, 2.75) is 57.5 Å². The van der Waals surface area contributed by atoms with Crippen LogP contribution in [0.25, 0.3) is 0 Å². The van der Waals surface area contributed by atoms with Gasteiger partial charge in [-0.1, -0.05) is 19.8 Å². The van der Waals surface area contributed by atoms with E-state index in [1.807, 2.05) is 0 Å². The molecule has 4 nitrogen and oxygen atoms in total. The van der Waals surface area contributed by atoms with Crippen LogP contribution in [0.4, 0.5) is 0 Å². The average molecular weight is 253 g/mol. The maximum absolute atomic E-state index is 11.9. The molecule has 0 spiro atoms. The number of piperidine rings is 1. The molecule has 0 atom stereocenters. The van der Waals surface area contributed by atoms with E-state index in [4.69, 9.17) is 0 Å². The molecule has 0 aromatic carbocycles. The van der Waals surface area contributed by atoms with Crippen LogP contribution in [0.2, 0.25) is 0 Å². The zero-order valence-corrected chi connectivity index (χ0v) is 11.6. The predicted octanol–water partition coefficient (Wildman–Crippen LogP) is 1.12. The van der Waals surface area contributed by atoms with Gasteiger partial charge in [-0.25, -0.2) is 0 Å². The van der Waals surface area contributed by atoms with Crippen molar-refractivity contribution in [1.82, 2.24) is 15.5 Å². The number of hydrogen-bond donors (Lipinski definition) is 2. The van der Waals surface area contributed by atoms with Crippen LogP contribution < -0.4 is 10.6 Å². The summed E-state index contributed by atoms with van der Waals surface area (Å²) in [6.45, 7) is 5.90. The second-order valence-electron chi connectivity index (χ2n) is 5.66. The largest absolute Gasteiger partial charge is 0.352 e. The zero-order chi connectivity index (χ0) is 12.8. The van der Waals surface area contributed by atoms with Gasteiger partial charge in [-0.3, -0.25) is 9.69 Å². The van der Waals surface area contributed by atoms with Crippen LogP contribution in [0.15, 0.2) is 0 Å². The van der Waals surface area contributed by atoms with Gasteiger partial charge in [0.1, 0.15) is 0 Å². The smallest absolute Gasteiger partial charge is 0.234 e. The Morgan fingerprint density at radius 3 is 2.39 bits per heavy atom. The van der Waals surface area contributed by atoms with E-state index in [2.05, 4.69) is 22.5 Å². The van der Waals surface area contributed by atoms with Crippen LogP contribution >= 0.6 is 0 Å². The topological polar surface area (TPSA) is 44.4 Å². The average Bonchev–Trinajstić information content (AvgIpc) is 2.84. The zero-order valence-electron chi connectivity index (χ0n) is 11.6. The summed E-state index contributed by atoms with van der Waals surface area (Å²) in [5.41, 5.74) is 0. The summed E-state index contributed by atoms with van der Waals surface area (Å²) < 4.78 is 0. The van der Waals surface area contributed by atoms with Crippen molar-refractivity contribution in [2.24, 2.45) is 0 Å². The van der Waals surface area contributed by atoms with Gasteiger partial charge in [0, 0.05) is 25.2 Å². The van der Waals surface area contributed by atoms with E-state index in [9.17, 15) is 4.79 Å². The number of carbonyl (C=O) groups excluding carboxylic acids is 1. The summed E-state index contributed by atoms with van der Waals surface area (Å²) in [4.78, 5) is 14.2. The number of nitrogens with zero attached hydrogens (tertiary/aromatic N) is 1. The van der Waals surface area contributed by atoms with Gasteiger partial charge < -0.3 is 10.6 Å². The molecule has 1 heterocycles. The van der Waals surface area contributed by atoms with Crippen molar-refractivity contribution >= 4 is 5.91 Å². The van der Waals surface area contributed by atoms with Crippen LogP contribution in [0.1, 0.15) is 45.4 Å². The molecule has 0 bridgehead atoms. The molecule has 18 heavy (non-hydrogen) atoms. The molecular weight excluding hydrogens is 226 g/mol. The summed E-state index contributed by atoms with van der Waals surface area (Å²) >= 11 is 0. The van der Waals surface area contributed by atoms with Crippen LogP contribution in [0, 0.1) is 0 Å². The van der Waals surface area contributed by atoms with Gasteiger partial charge in [-0.05, 0) is 32.2 Å². The van der Waals surface area contributed by atoms with Gasteiger partial charge in [0.05, 0.1) is 6.54 Å². The van der Waals surface area contributed by atoms with Crippen LogP contribution in [0.5, 0.6) is 0 Å². The Morgan fingerprint density at radius 2 is 1.78 bits per heavy atom. The van der Waals surface area contributed by atoms with E-state index < -0.39 is 0 Å². The quantitative estimate of drug-likeness (QED) is 0.772. The lowest BCUT2D eigenvalue weighted by Crippen LogP contribution is -2.47.